The van der Waals surface area contributed by atoms with Gasteiger partial charge in [-0.05, 0) is 6.42 Å². The number of nitrogens with zero attached hydrogens (tertiary/aromatic N) is 2. The zero-order valence-corrected chi connectivity index (χ0v) is 21.4. The Kier molecular flexibility index (Phi) is 13.4. The number of quaternary nitrogens is 2. The van der Waals surface area contributed by atoms with E-state index in [4.69, 9.17) is 13.8 Å². The first-order chi connectivity index (χ1) is 14.4. The molecule has 0 radical (unpaired) electrons. The van der Waals surface area contributed by atoms with Gasteiger partial charge in [0, 0.05) is 32.6 Å². The fraction of sp³-hybridized carbons (Fsp3) is 0.944. The van der Waals surface area contributed by atoms with Gasteiger partial charge in [0.1, 0.15) is 6.10 Å². The summed E-state index contributed by atoms with van der Waals surface area (Å²) in [5.74, 6) is -0.349. The van der Waals surface area contributed by atoms with Crippen LogP contribution in [0.25, 0.3) is 0 Å². The van der Waals surface area contributed by atoms with Crippen molar-refractivity contribution in [3.05, 3.63) is 0 Å². The highest BCUT2D eigenvalue weighted by molar-refractivity contribution is 7.81. The average molecular weight is 509 g/mol. The summed E-state index contributed by atoms with van der Waals surface area (Å²) in [6.45, 7) is 3.95. The lowest BCUT2D eigenvalue weighted by Crippen LogP contribution is -2.44. The van der Waals surface area contributed by atoms with Crippen molar-refractivity contribution in [3.8, 4) is 0 Å². The molecule has 0 aliphatic carbocycles. The van der Waals surface area contributed by atoms with E-state index in [1.54, 1.807) is 0 Å². The minimum absolute atomic E-state index is 0.0845. The second-order valence-corrected chi connectivity index (χ2v) is 11.3. The van der Waals surface area contributed by atoms with Crippen molar-refractivity contribution >= 4 is 26.8 Å². The van der Waals surface area contributed by atoms with Crippen LogP contribution in [0.5, 0.6) is 0 Å². The van der Waals surface area contributed by atoms with Crippen molar-refractivity contribution in [2.75, 3.05) is 67.6 Å². The van der Waals surface area contributed by atoms with Crippen LogP contribution in [-0.4, -0.2) is 115 Å². The number of carbonyl (C=O) groups is 1. The molecule has 0 heterocycles. The quantitative estimate of drug-likeness (QED) is 0.117. The van der Waals surface area contributed by atoms with E-state index in [0.717, 1.165) is 13.0 Å². The summed E-state index contributed by atoms with van der Waals surface area (Å²) in [5.41, 5.74) is 0. The third-order valence-electron chi connectivity index (χ3n) is 4.96. The van der Waals surface area contributed by atoms with E-state index < -0.39 is 20.8 Å². The van der Waals surface area contributed by atoms with Crippen LogP contribution in [0.4, 0.5) is 0 Å². The van der Waals surface area contributed by atoms with Crippen molar-refractivity contribution in [3.63, 3.8) is 0 Å². The van der Waals surface area contributed by atoms with Crippen molar-refractivity contribution in [2.45, 2.75) is 45.1 Å². The summed E-state index contributed by atoms with van der Waals surface area (Å²) >= 11 is 0. The zero-order valence-electron chi connectivity index (χ0n) is 19.7. The summed E-state index contributed by atoms with van der Waals surface area (Å²) < 4.78 is 74.9. The molecule has 0 fully saturated rings. The Morgan fingerprint density at radius 2 is 1.16 bits per heavy atom. The first-order valence-electron chi connectivity index (χ1n) is 10.5. The molecule has 0 amide bonds. The SMILES string of the molecule is CC(=O)OC(CCC[N+](C)(C)CCCOS(=O)(=O)O)CC[N+](C)(C)CCCOS(=O)(=O)O. The third-order valence-corrected chi connectivity index (χ3v) is 5.89. The molecule has 32 heavy (non-hydrogen) atoms. The van der Waals surface area contributed by atoms with Crippen LogP contribution >= 0.6 is 0 Å². The highest BCUT2D eigenvalue weighted by atomic mass is 32.3. The maximum Gasteiger partial charge on any atom is 0.397 e. The molecular formula is C18H40N2O10S2+2. The highest BCUT2D eigenvalue weighted by Crippen LogP contribution is 2.14. The average Bonchev–Trinajstić information content (AvgIpc) is 2.58. The van der Waals surface area contributed by atoms with Crippen LogP contribution in [0.15, 0.2) is 0 Å². The van der Waals surface area contributed by atoms with Crippen LogP contribution in [0.2, 0.25) is 0 Å². The van der Waals surface area contributed by atoms with Gasteiger partial charge in [0.2, 0.25) is 0 Å². The molecule has 0 aromatic rings. The van der Waals surface area contributed by atoms with Gasteiger partial charge in [-0.15, -0.1) is 0 Å². The van der Waals surface area contributed by atoms with Gasteiger partial charge in [0.15, 0.2) is 0 Å². The standard InChI is InChI=1S/C18H38N2O10S2/c1-17(21)30-18(10-14-20(4,5)13-8-16-29-32(25,26)27)9-6-11-19(2,3)12-7-15-28-31(22,23)24/h18H,6-16H2,1-5H3/p+2. The second kappa shape index (κ2) is 13.7. The summed E-state index contributed by atoms with van der Waals surface area (Å²) in [7, 11) is -0.880. The molecule has 2 N–H and O–H groups in total. The van der Waals surface area contributed by atoms with Crippen LogP contribution in [0.3, 0.4) is 0 Å². The zero-order chi connectivity index (χ0) is 25.1. The highest BCUT2D eigenvalue weighted by Gasteiger charge is 2.22. The summed E-state index contributed by atoms with van der Waals surface area (Å²) in [5, 5.41) is 0. The van der Waals surface area contributed by atoms with Crippen molar-refractivity contribution < 1.29 is 52.8 Å². The predicted octanol–water partition coefficient (Wildman–Crippen LogP) is 0.660. The molecule has 0 spiro atoms. The maximum atomic E-state index is 11.5. The van der Waals surface area contributed by atoms with Gasteiger partial charge in [0.25, 0.3) is 0 Å². The van der Waals surface area contributed by atoms with E-state index in [0.29, 0.717) is 54.3 Å². The summed E-state index contributed by atoms with van der Waals surface area (Å²) in [6, 6.07) is 0. The van der Waals surface area contributed by atoms with Gasteiger partial charge in [-0.1, -0.05) is 0 Å². The second-order valence-electron chi connectivity index (χ2n) is 9.13. The van der Waals surface area contributed by atoms with Gasteiger partial charge >= 0.3 is 26.8 Å². The molecule has 0 rings (SSSR count). The Morgan fingerprint density at radius 3 is 1.56 bits per heavy atom. The van der Waals surface area contributed by atoms with E-state index >= 15 is 0 Å². The number of hydrogen-bond donors (Lipinski definition) is 2. The minimum Gasteiger partial charge on any atom is -0.462 e. The smallest absolute Gasteiger partial charge is 0.397 e. The van der Waals surface area contributed by atoms with Crippen LogP contribution in [0.1, 0.15) is 39.0 Å². The first-order valence-corrected chi connectivity index (χ1v) is 13.2. The minimum atomic E-state index is -4.43. The number of rotatable bonds is 18. The Labute approximate surface area is 192 Å². The van der Waals surface area contributed by atoms with Crippen LogP contribution in [0, 0.1) is 0 Å². The Balaban J connectivity index is 4.44. The molecule has 0 saturated carbocycles. The number of esters is 1. The third kappa shape index (κ3) is 19.8. The summed E-state index contributed by atoms with van der Waals surface area (Å²) in [4.78, 5) is 11.5. The molecule has 0 aromatic carbocycles. The normalized spacial score (nSPS) is 14.3. The molecule has 12 nitrogen and oxygen atoms in total. The summed E-state index contributed by atoms with van der Waals surface area (Å²) in [6.07, 6.45) is 2.77. The van der Waals surface area contributed by atoms with Crippen molar-refractivity contribution in [1.29, 1.82) is 0 Å². The molecule has 0 aliphatic heterocycles. The number of hydrogen-bond acceptors (Lipinski definition) is 8. The van der Waals surface area contributed by atoms with Crippen molar-refractivity contribution in [2.24, 2.45) is 0 Å². The predicted molar refractivity (Wildman–Crippen MR) is 117 cm³/mol. The van der Waals surface area contributed by atoms with Gasteiger partial charge in [0.05, 0.1) is 67.6 Å². The van der Waals surface area contributed by atoms with Gasteiger partial charge in [-0.2, -0.15) is 16.8 Å². The van der Waals surface area contributed by atoms with E-state index in [-0.39, 0.29) is 25.3 Å². The van der Waals surface area contributed by atoms with Crippen molar-refractivity contribution in [1.82, 2.24) is 0 Å². The number of carbonyl (C=O) groups excluding carboxylic acids is 1. The van der Waals surface area contributed by atoms with Gasteiger partial charge in [-0.25, -0.2) is 8.37 Å². The molecule has 0 saturated heterocycles. The topological polar surface area (TPSA) is 154 Å². The fourth-order valence-electron chi connectivity index (χ4n) is 3.27. The van der Waals surface area contributed by atoms with E-state index in [1.165, 1.54) is 6.92 Å². The van der Waals surface area contributed by atoms with Crippen LogP contribution in [-0.2, 0) is 38.7 Å². The van der Waals surface area contributed by atoms with E-state index in [9.17, 15) is 21.6 Å². The molecule has 1 unspecified atom stereocenters. The lowest BCUT2D eigenvalue weighted by Gasteiger charge is -2.32. The first kappa shape index (κ1) is 31.1. The Hall–Kier alpha value is -0.870. The Morgan fingerprint density at radius 1 is 0.750 bits per heavy atom. The lowest BCUT2D eigenvalue weighted by molar-refractivity contribution is -0.891. The lowest BCUT2D eigenvalue weighted by atomic mass is 10.1. The molecular weight excluding hydrogens is 468 g/mol. The van der Waals surface area contributed by atoms with Crippen LogP contribution < -0.4 is 0 Å². The Bertz CT molecular complexity index is 767. The molecule has 0 bridgehead atoms. The fourth-order valence-corrected chi connectivity index (χ4v) is 3.93. The molecule has 1 atom stereocenters. The van der Waals surface area contributed by atoms with E-state index in [2.05, 4.69) is 8.37 Å². The van der Waals surface area contributed by atoms with Gasteiger partial charge in [-0.3, -0.25) is 13.9 Å². The van der Waals surface area contributed by atoms with Gasteiger partial charge < -0.3 is 13.7 Å². The molecule has 14 heteroatoms. The maximum absolute atomic E-state index is 11.5. The van der Waals surface area contributed by atoms with E-state index in [1.807, 2.05) is 28.2 Å². The molecule has 192 valence electrons. The monoisotopic (exact) mass is 508 g/mol. The molecule has 0 aliphatic rings. The molecule has 0 aromatic heterocycles. The largest absolute Gasteiger partial charge is 0.462 e. The number of ether oxygens (including phenoxy) is 1.